The molecule has 3 aromatic carbocycles. The molecule has 3 unspecified atom stereocenters. The lowest BCUT2D eigenvalue weighted by Gasteiger charge is -2.02. The van der Waals surface area contributed by atoms with E-state index in [0.717, 1.165) is 20.1 Å². The van der Waals surface area contributed by atoms with Gasteiger partial charge in [0.15, 0.2) is 5.78 Å². The standard InChI is InChI=1S/C22H15Br2FO/c23-16-9-7-13(8-10-16)22(26)21-19(14-3-1-5-17(24)11-14)20(21)15-4-2-6-18(25)12-15/h1-12,19-21H. The second-order valence-electron chi connectivity index (χ2n) is 6.56. The molecule has 0 saturated heterocycles. The number of halogens is 3. The van der Waals surface area contributed by atoms with Crippen molar-refractivity contribution in [1.82, 2.24) is 0 Å². The molecular formula is C22H15Br2FO. The number of Topliss-reactive ketones (excluding diaryl/α,β-unsaturated/α-hetero) is 1. The molecular weight excluding hydrogens is 459 g/mol. The normalized spacial score (nSPS) is 21.4. The highest BCUT2D eigenvalue weighted by atomic mass is 79.9. The lowest BCUT2D eigenvalue weighted by Crippen LogP contribution is -2.04. The Morgan fingerprint density at radius 3 is 2.00 bits per heavy atom. The molecule has 1 aliphatic carbocycles. The van der Waals surface area contributed by atoms with Gasteiger partial charge in [0, 0.05) is 32.3 Å². The van der Waals surface area contributed by atoms with Gasteiger partial charge in [-0.1, -0.05) is 68.3 Å². The predicted molar refractivity (Wildman–Crippen MR) is 108 cm³/mol. The van der Waals surface area contributed by atoms with E-state index in [0.29, 0.717) is 5.56 Å². The van der Waals surface area contributed by atoms with Crippen LogP contribution in [0.25, 0.3) is 0 Å². The molecule has 0 spiro atoms. The Hall–Kier alpha value is -1.78. The molecule has 0 amide bonds. The maximum absolute atomic E-state index is 13.7. The fraction of sp³-hybridized carbons (Fsp3) is 0.136. The van der Waals surface area contributed by atoms with Gasteiger partial charge < -0.3 is 0 Å². The van der Waals surface area contributed by atoms with Crippen molar-refractivity contribution >= 4 is 37.6 Å². The molecule has 3 aromatic rings. The minimum atomic E-state index is -0.266. The van der Waals surface area contributed by atoms with Gasteiger partial charge in [0.2, 0.25) is 0 Å². The lowest BCUT2D eigenvalue weighted by molar-refractivity contribution is 0.0963. The third kappa shape index (κ3) is 3.40. The fourth-order valence-corrected chi connectivity index (χ4v) is 4.38. The van der Waals surface area contributed by atoms with Crippen molar-refractivity contribution in [3.63, 3.8) is 0 Å². The summed E-state index contributed by atoms with van der Waals surface area (Å²) in [5.74, 6) is -0.275. The van der Waals surface area contributed by atoms with E-state index < -0.39 is 0 Å². The number of carbonyl (C=O) groups excluding carboxylic acids is 1. The Morgan fingerprint density at radius 2 is 1.38 bits per heavy atom. The van der Waals surface area contributed by atoms with Crippen molar-refractivity contribution < 1.29 is 9.18 Å². The largest absolute Gasteiger partial charge is 0.294 e. The van der Waals surface area contributed by atoms with Gasteiger partial charge in [-0.15, -0.1) is 0 Å². The van der Waals surface area contributed by atoms with Crippen molar-refractivity contribution in [2.24, 2.45) is 5.92 Å². The van der Waals surface area contributed by atoms with Gasteiger partial charge in [-0.3, -0.25) is 4.79 Å². The van der Waals surface area contributed by atoms with Gasteiger partial charge in [-0.25, -0.2) is 4.39 Å². The van der Waals surface area contributed by atoms with E-state index in [9.17, 15) is 9.18 Å². The average Bonchev–Trinajstić information content (AvgIpc) is 3.37. The SMILES string of the molecule is O=C(c1ccc(Br)cc1)C1C(c2cccc(F)c2)C1c1cccc(Br)c1. The highest BCUT2D eigenvalue weighted by molar-refractivity contribution is 9.10. The molecule has 0 aromatic heterocycles. The Kier molecular flexibility index (Phi) is 4.80. The molecule has 0 radical (unpaired) electrons. The van der Waals surface area contributed by atoms with Gasteiger partial charge in [0.1, 0.15) is 5.82 Å². The summed E-state index contributed by atoms with van der Waals surface area (Å²) in [4.78, 5) is 13.1. The summed E-state index contributed by atoms with van der Waals surface area (Å²) < 4.78 is 15.7. The lowest BCUT2D eigenvalue weighted by atomic mass is 10.0. The van der Waals surface area contributed by atoms with Crippen molar-refractivity contribution in [2.45, 2.75) is 11.8 Å². The Balaban J connectivity index is 1.72. The van der Waals surface area contributed by atoms with Crippen molar-refractivity contribution in [1.29, 1.82) is 0 Å². The summed E-state index contributed by atoms with van der Waals surface area (Å²) in [6.07, 6.45) is 0. The molecule has 4 heteroatoms. The van der Waals surface area contributed by atoms with Gasteiger partial charge in [0.25, 0.3) is 0 Å². The average molecular weight is 474 g/mol. The highest BCUT2D eigenvalue weighted by Crippen LogP contribution is 2.61. The number of ketones is 1. The van der Waals surface area contributed by atoms with Gasteiger partial charge >= 0.3 is 0 Å². The van der Waals surface area contributed by atoms with Crippen molar-refractivity contribution in [2.75, 3.05) is 0 Å². The summed E-state index contributed by atoms with van der Waals surface area (Å²) in [5, 5.41) is 0. The molecule has 1 saturated carbocycles. The first kappa shape index (κ1) is 17.6. The van der Waals surface area contributed by atoms with Gasteiger partial charge in [0.05, 0.1) is 0 Å². The summed E-state index contributed by atoms with van der Waals surface area (Å²) in [6, 6.07) is 22.1. The highest BCUT2D eigenvalue weighted by Gasteiger charge is 2.55. The molecule has 0 N–H and O–H groups in total. The van der Waals surface area contributed by atoms with Crippen LogP contribution in [0.3, 0.4) is 0 Å². The van der Waals surface area contributed by atoms with Gasteiger partial charge in [-0.2, -0.15) is 0 Å². The molecule has 1 fully saturated rings. The maximum Gasteiger partial charge on any atom is 0.167 e. The Bertz CT molecular complexity index is 916. The van der Waals surface area contributed by atoms with E-state index in [1.807, 2.05) is 54.6 Å². The molecule has 26 heavy (non-hydrogen) atoms. The van der Waals surface area contributed by atoms with E-state index in [-0.39, 0.29) is 29.4 Å². The van der Waals surface area contributed by atoms with Crippen LogP contribution in [-0.2, 0) is 0 Å². The smallest absolute Gasteiger partial charge is 0.167 e. The summed E-state index contributed by atoms with van der Waals surface area (Å²) in [7, 11) is 0. The maximum atomic E-state index is 13.7. The first-order chi connectivity index (χ1) is 12.5. The number of hydrogen-bond donors (Lipinski definition) is 0. The molecule has 130 valence electrons. The molecule has 3 atom stereocenters. The molecule has 1 nitrogen and oxygen atoms in total. The number of hydrogen-bond acceptors (Lipinski definition) is 1. The summed E-state index contributed by atoms with van der Waals surface area (Å²) in [6.45, 7) is 0. The van der Waals surface area contributed by atoms with Crippen LogP contribution in [-0.4, -0.2) is 5.78 Å². The number of carbonyl (C=O) groups is 1. The minimum Gasteiger partial charge on any atom is -0.294 e. The van der Waals surface area contributed by atoms with Gasteiger partial charge in [-0.05, 0) is 47.5 Å². The van der Waals surface area contributed by atoms with Crippen LogP contribution in [0.2, 0.25) is 0 Å². The monoisotopic (exact) mass is 472 g/mol. The molecule has 0 aliphatic heterocycles. The van der Waals surface area contributed by atoms with Crippen molar-refractivity contribution in [3.8, 4) is 0 Å². The van der Waals surface area contributed by atoms with Crippen LogP contribution >= 0.6 is 31.9 Å². The van der Waals surface area contributed by atoms with Crippen LogP contribution in [0.5, 0.6) is 0 Å². The second-order valence-corrected chi connectivity index (χ2v) is 8.39. The first-order valence-corrected chi connectivity index (χ1v) is 9.94. The molecule has 0 bridgehead atoms. The summed E-state index contributed by atoms with van der Waals surface area (Å²) in [5.41, 5.74) is 2.67. The van der Waals surface area contributed by atoms with Crippen LogP contribution in [0, 0.1) is 11.7 Å². The molecule has 4 rings (SSSR count). The zero-order valence-corrected chi connectivity index (χ0v) is 16.9. The van der Waals surface area contributed by atoms with E-state index in [1.165, 1.54) is 6.07 Å². The first-order valence-electron chi connectivity index (χ1n) is 8.35. The van der Waals surface area contributed by atoms with Crippen molar-refractivity contribution in [3.05, 3.63) is 104 Å². The van der Waals surface area contributed by atoms with Crippen LogP contribution in [0.4, 0.5) is 4.39 Å². The van der Waals surface area contributed by atoms with E-state index >= 15 is 0 Å². The predicted octanol–water partition coefficient (Wildman–Crippen LogP) is 6.73. The number of benzene rings is 3. The second kappa shape index (κ2) is 7.09. The Labute approximate surface area is 168 Å². The zero-order valence-electron chi connectivity index (χ0n) is 13.7. The number of rotatable bonds is 4. The van der Waals surface area contributed by atoms with E-state index in [1.54, 1.807) is 12.1 Å². The third-order valence-electron chi connectivity index (χ3n) is 4.92. The van der Waals surface area contributed by atoms with E-state index in [2.05, 4.69) is 31.9 Å². The Morgan fingerprint density at radius 1 is 0.769 bits per heavy atom. The topological polar surface area (TPSA) is 17.1 Å². The van der Waals surface area contributed by atoms with Crippen LogP contribution < -0.4 is 0 Å². The summed E-state index contributed by atoms with van der Waals surface area (Å²) >= 11 is 6.91. The minimum absolute atomic E-state index is 0.00357. The fourth-order valence-electron chi connectivity index (χ4n) is 3.70. The van der Waals surface area contributed by atoms with Crippen LogP contribution in [0.1, 0.15) is 33.3 Å². The zero-order chi connectivity index (χ0) is 18.3. The third-order valence-corrected chi connectivity index (χ3v) is 5.94. The molecule has 1 aliphatic rings. The van der Waals surface area contributed by atoms with E-state index in [4.69, 9.17) is 0 Å². The molecule has 0 heterocycles. The van der Waals surface area contributed by atoms with Crippen LogP contribution in [0.15, 0.2) is 81.7 Å². The quantitative estimate of drug-likeness (QED) is 0.384.